The molecule has 0 saturated heterocycles. The molecule has 0 aromatic carbocycles. The fraction of sp³-hybridized carbons (Fsp3) is 0.730. The molecule has 0 aromatic heterocycles. The predicted octanol–water partition coefficient (Wildman–Crippen LogP) is 19.5. The Bertz CT molecular complexity index is 1330. The van der Waals surface area contributed by atoms with Crippen LogP contribution in [0, 0.1) is 0 Å². The third kappa shape index (κ3) is 55.4. The minimum absolute atomic E-state index is 0.0919. The molecule has 1 unspecified atom stereocenters. The van der Waals surface area contributed by atoms with Gasteiger partial charge in [0, 0.05) is 19.3 Å². The van der Waals surface area contributed by atoms with Crippen molar-refractivity contribution < 1.29 is 28.6 Å². The molecular formula is C63H108O6. The highest BCUT2D eigenvalue weighted by atomic mass is 16.6. The molecule has 69 heavy (non-hydrogen) atoms. The van der Waals surface area contributed by atoms with E-state index in [1.807, 2.05) is 0 Å². The average Bonchev–Trinajstić information content (AvgIpc) is 3.35. The van der Waals surface area contributed by atoms with Crippen LogP contribution >= 0.6 is 0 Å². The van der Waals surface area contributed by atoms with E-state index < -0.39 is 6.10 Å². The Balaban J connectivity index is 4.42. The molecule has 1 atom stereocenters. The highest BCUT2D eigenvalue weighted by Gasteiger charge is 2.19. The maximum Gasteiger partial charge on any atom is 0.306 e. The van der Waals surface area contributed by atoms with Gasteiger partial charge in [-0.05, 0) is 89.9 Å². The number of hydrogen-bond acceptors (Lipinski definition) is 6. The van der Waals surface area contributed by atoms with Crippen LogP contribution in [-0.2, 0) is 28.6 Å². The molecule has 0 spiro atoms. The number of ether oxygens (including phenoxy) is 3. The molecule has 0 bridgehead atoms. The SMILES string of the molecule is CC/C=C\C/C=C\C/C=C\C/C=C\CCCCCC(=O)OC(COC(=O)CCCCCCCC/C=C\C/C=C\C/C=C\CC)COC(=O)CCCCCCCCCCCCCCCCCCCCC. The second kappa shape index (κ2) is 57.2. The van der Waals surface area contributed by atoms with Gasteiger partial charge in [0.05, 0.1) is 0 Å². The Labute approximate surface area is 426 Å². The van der Waals surface area contributed by atoms with Crippen molar-refractivity contribution in [2.24, 2.45) is 0 Å². The Morgan fingerprint density at radius 1 is 0.304 bits per heavy atom. The van der Waals surface area contributed by atoms with E-state index in [-0.39, 0.29) is 37.5 Å². The molecule has 0 aromatic rings. The van der Waals surface area contributed by atoms with Gasteiger partial charge >= 0.3 is 17.9 Å². The first-order valence-corrected chi connectivity index (χ1v) is 29.1. The maximum absolute atomic E-state index is 12.8. The van der Waals surface area contributed by atoms with Crippen LogP contribution in [0.1, 0.15) is 278 Å². The Morgan fingerprint density at radius 2 is 0.565 bits per heavy atom. The normalized spacial score (nSPS) is 12.7. The molecule has 6 nitrogen and oxygen atoms in total. The van der Waals surface area contributed by atoms with Gasteiger partial charge in [0.2, 0.25) is 0 Å². The first kappa shape index (κ1) is 65.6. The zero-order valence-corrected chi connectivity index (χ0v) is 45.3. The number of hydrogen-bond donors (Lipinski definition) is 0. The molecule has 396 valence electrons. The molecule has 0 amide bonds. The number of rotatable bonds is 52. The van der Waals surface area contributed by atoms with Gasteiger partial charge in [-0.15, -0.1) is 0 Å². The summed E-state index contributed by atoms with van der Waals surface area (Å²) in [6.45, 7) is 6.40. The van der Waals surface area contributed by atoms with E-state index in [2.05, 4.69) is 106 Å². The van der Waals surface area contributed by atoms with Crippen molar-refractivity contribution in [1.29, 1.82) is 0 Å². The van der Waals surface area contributed by atoms with Crippen LogP contribution in [0.4, 0.5) is 0 Å². The van der Waals surface area contributed by atoms with Crippen LogP contribution in [-0.4, -0.2) is 37.2 Å². The van der Waals surface area contributed by atoms with Crippen molar-refractivity contribution in [3.05, 3.63) is 85.1 Å². The molecule has 6 heteroatoms. The van der Waals surface area contributed by atoms with Gasteiger partial charge in [0.25, 0.3) is 0 Å². The van der Waals surface area contributed by atoms with Crippen LogP contribution in [0.15, 0.2) is 85.1 Å². The summed E-state index contributed by atoms with van der Waals surface area (Å²) >= 11 is 0. The summed E-state index contributed by atoms with van der Waals surface area (Å²) in [5.41, 5.74) is 0. The second-order valence-electron chi connectivity index (χ2n) is 19.1. The lowest BCUT2D eigenvalue weighted by atomic mass is 10.0. The minimum Gasteiger partial charge on any atom is -0.462 e. The van der Waals surface area contributed by atoms with E-state index >= 15 is 0 Å². The molecule has 0 saturated carbocycles. The van der Waals surface area contributed by atoms with Crippen molar-refractivity contribution in [1.82, 2.24) is 0 Å². The summed E-state index contributed by atoms with van der Waals surface area (Å²) < 4.78 is 16.8. The fourth-order valence-corrected chi connectivity index (χ4v) is 8.10. The molecule has 0 aliphatic carbocycles. The molecule has 0 aliphatic rings. The van der Waals surface area contributed by atoms with Crippen LogP contribution in [0.25, 0.3) is 0 Å². The lowest BCUT2D eigenvalue weighted by Gasteiger charge is -2.18. The molecule has 0 rings (SSSR count). The third-order valence-corrected chi connectivity index (χ3v) is 12.4. The van der Waals surface area contributed by atoms with Crippen molar-refractivity contribution in [3.63, 3.8) is 0 Å². The number of allylic oxidation sites excluding steroid dienone is 14. The molecular weight excluding hydrogens is 853 g/mol. The van der Waals surface area contributed by atoms with Crippen LogP contribution in [0.2, 0.25) is 0 Å². The molecule has 0 aliphatic heterocycles. The van der Waals surface area contributed by atoms with Gasteiger partial charge in [-0.25, -0.2) is 0 Å². The number of carbonyl (C=O) groups excluding carboxylic acids is 3. The smallest absolute Gasteiger partial charge is 0.306 e. The number of carbonyl (C=O) groups is 3. The predicted molar refractivity (Wildman–Crippen MR) is 297 cm³/mol. The van der Waals surface area contributed by atoms with E-state index in [1.165, 1.54) is 122 Å². The van der Waals surface area contributed by atoms with Gasteiger partial charge in [-0.1, -0.05) is 254 Å². The first-order chi connectivity index (χ1) is 34.0. The Kier molecular flexibility index (Phi) is 54.3. The lowest BCUT2D eigenvalue weighted by molar-refractivity contribution is -0.167. The van der Waals surface area contributed by atoms with E-state index in [0.717, 1.165) is 116 Å². The average molecular weight is 962 g/mol. The molecule has 0 fully saturated rings. The Hall–Kier alpha value is -3.41. The zero-order valence-electron chi connectivity index (χ0n) is 45.3. The quantitative estimate of drug-likeness (QED) is 0.0262. The zero-order chi connectivity index (χ0) is 50.0. The van der Waals surface area contributed by atoms with Crippen molar-refractivity contribution in [3.8, 4) is 0 Å². The van der Waals surface area contributed by atoms with Gasteiger partial charge in [-0.3, -0.25) is 14.4 Å². The fourth-order valence-electron chi connectivity index (χ4n) is 8.10. The topological polar surface area (TPSA) is 78.9 Å². The highest BCUT2D eigenvalue weighted by Crippen LogP contribution is 2.16. The largest absolute Gasteiger partial charge is 0.462 e. The van der Waals surface area contributed by atoms with Gasteiger partial charge < -0.3 is 14.2 Å². The molecule has 0 radical (unpaired) electrons. The van der Waals surface area contributed by atoms with E-state index in [4.69, 9.17) is 14.2 Å². The van der Waals surface area contributed by atoms with E-state index in [1.54, 1.807) is 0 Å². The monoisotopic (exact) mass is 961 g/mol. The summed E-state index contributed by atoms with van der Waals surface area (Å²) in [6.07, 6.45) is 74.3. The first-order valence-electron chi connectivity index (χ1n) is 29.1. The number of unbranched alkanes of at least 4 members (excludes halogenated alkanes) is 27. The number of esters is 3. The second-order valence-corrected chi connectivity index (χ2v) is 19.1. The van der Waals surface area contributed by atoms with Gasteiger partial charge in [0.15, 0.2) is 6.10 Å². The molecule has 0 N–H and O–H groups in total. The third-order valence-electron chi connectivity index (χ3n) is 12.4. The summed E-state index contributed by atoms with van der Waals surface area (Å²) in [6, 6.07) is 0. The standard InChI is InChI=1S/C63H108O6/c1-4-7-10-13-16-19-22-25-28-31-32-33-36-38-41-44-47-50-53-56-62(65)68-59-60(69-63(66)57-54-51-48-45-42-39-35-30-27-24-21-18-15-12-9-6-3)58-67-61(64)55-52-49-46-43-40-37-34-29-26-23-20-17-14-11-8-5-2/h8-9,11-12,17-18,20-21,26-27,29-30,39,42,60H,4-7,10,13-16,19,22-25,28,31-38,40-41,43-59H2,1-3H3/b11-8-,12-9-,20-17-,21-18-,29-26-,30-27-,42-39-. The minimum atomic E-state index is -0.798. The summed E-state index contributed by atoms with van der Waals surface area (Å²) in [4.78, 5) is 38.2. The Morgan fingerprint density at radius 3 is 0.899 bits per heavy atom. The van der Waals surface area contributed by atoms with E-state index in [9.17, 15) is 14.4 Å². The van der Waals surface area contributed by atoms with Gasteiger partial charge in [0.1, 0.15) is 13.2 Å². The lowest BCUT2D eigenvalue weighted by Crippen LogP contribution is -2.30. The summed E-state index contributed by atoms with van der Waals surface area (Å²) in [7, 11) is 0. The van der Waals surface area contributed by atoms with Crippen LogP contribution in [0.5, 0.6) is 0 Å². The highest BCUT2D eigenvalue weighted by molar-refractivity contribution is 5.71. The summed E-state index contributed by atoms with van der Waals surface area (Å²) in [5.74, 6) is -0.929. The van der Waals surface area contributed by atoms with Crippen molar-refractivity contribution in [2.75, 3.05) is 13.2 Å². The van der Waals surface area contributed by atoms with Gasteiger partial charge in [-0.2, -0.15) is 0 Å². The van der Waals surface area contributed by atoms with Crippen molar-refractivity contribution in [2.45, 2.75) is 284 Å². The van der Waals surface area contributed by atoms with Crippen LogP contribution in [0.3, 0.4) is 0 Å². The molecule has 0 heterocycles. The van der Waals surface area contributed by atoms with E-state index in [0.29, 0.717) is 12.8 Å². The summed E-state index contributed by atoms with van der Waals surface area (Å²) in [5, 5.41) is 0. The maximum atomic E-state index is 12.8. The van der Waals surface area contributed by atoms with Crippen LogP contribution < -0.4 is 0 Å². The van der Waals surface area contributed by atoms with Crippen molar-refractivity contribution >= 4 is 17.9 Å².